The van der Waals surface area contributed by atoms with Crippen molar-refractivity contribution in [2.45, 2.75) is 57.0 Å². The van der Waals surface area contributed by atoms with Crippen LogP contribution >= 0.6 is 0 Å². The molecule has 8 nitrogen and oxygen atoms in total. The van der Waals surface area contributed by atoms with Crippen LogP contribution in [-0.2, 0) is 28.6 Å². The smallest absolute Gasteiger partial charge is 0.341 e. The summed E-state index contributed by atoms with van der Waals surface area (Å²) >= 11 is 0. The Morgan fingerprint density at radius 2 is 1.89 bits per heavy atom. The van der Waals surface area contributed by atoms with Gasteiger partial charge in [-0.15, -0.1) is 0 Å². The van der Waals surface area contributed by atoms with Crippen molar-refractivity contribution in [1.82, 2.24) is 4.90 Å². The molecule has 3 rings (SSSR count). The molecule has 2 bridgehead atoms. The SMILES string of the molecule is C[C@H]1O[C@]12C[C@H](C)[C@](C)(O)C(=O)OC/C1=C/CN(C)CC[C@H](OC2=O)C1=O. The van der Waals surface area contributed by atoms with Crippen LogP contribution in [0.3, 0.4) is 0 Å². The summed E-state index contributed by atoms with van der Waals surface area (Å²) in [4.78, 5) is 40.2. The molecule has 8 heteroatoms. The van der Waals surface area contributed by atoms with Crippen molar-refractivity contribution in [3.05, 3.63) is 11.6 Å². The molecule has 150 valence electrons. The largest absolute Gasteiger partial charge is 0.459 e. The number of carbonyl (C=O) groups excluding carboxylic acids is 3. The van der Waals surface area contributed by atoms with Crippen LogP contribution in [0.4, 0.5) is 0 Å². The lowest BCUT2D eigenvalue weighted by Crippen LogP contribution is -2.48. The van der Waals surface area contributed by atoms with Gasteiger partial charge < -0.3 is 24.2 Å². The van der Waals surface area contributed by atoms with Gasteiger partial charge >= 0.3 is 11.9 Å². The van der Waals surface area contributed by atoms with Crippen molar-refractivity contribution >= 4 is 17.7 Å². The summed E-state index contributed by atoms with van der Waals surface area (Å²) < 4.78 is 16.4. The van der Waals surface area contributed by atoms with E-state index in [4.69, 9.17) is 14.2 Å². The van der Waals surface area contributed by atoms with Gasteiger partial charge in [-0.25, -0.2) is 9.59 Å². The van der Waals surface area contributed by atoms with Gasteiger partial charge in [-0.1, -0.05) is 13.0 Å². The quantitative estimate of drug-likeness (QED) is 0.469. The van der Waals surface area contributed by atoms with E-state index in [1.54, 1.807) is 19.9 Å². The number of carbonyl (C=O) groups is 3. The van der Waals surface area contributed by atoms with E-state index in [2.05, 4.69) is 0 Å². The number of fused-ring (bicyclic) bond motifs is 2. The molecule has 5 atom stereocenters. The molecule has 2 saturated heterocycles. The summed E-state index contributed by atoms with van der Waals surface area (Å²) in [5.74, 6) is -2.43. The second-order valence-corrected chi connectivity index (χ2v) is 8.02. The van der Waals surface area contributed by atoms with E-state index in [-0.39, 0.29) is 24.4 Å². The third kappa shape index (κ3) is 3.66. The van der Waals surface area contributed by atoms with Crippen molar-refractivity contribution in [2.75, 3.05) is 26.7 Å². The third-order valence-electron chi connectivity index (χ3n) is 5.95. The molecule has 0 unspecified atom stereocenters. The fourth-order valence-corrected chi connectivity index (χ4v) is 3.54. The van der Waals surface area contributed by atoms with Crippen LogP contribution in [0.25, 0.3) is 0 Å². The molecule has 0 saturated carbocycles. The molecule has 2 fully saturated rings. The number of ketones is 1. The third-order valence-corrected chi connectivity index (χ3v) is 5.95. The summed E-state index contributed by atoms with van der Waals surface area (Å²) in [6.07, 6.45) is 0.756. The molecule has 3 aliphatic heterocycles. The van der Waals surface area contributed by atoms with Gasteiger partial charge in [-0.3, -0.25) is 4.79 Å². The van der Waals surface area contributed by atoms with Gasteiger partial charge in [0, 0.05) is 25.1 Å². The zero-order valence-electron chi connectivity index (χ0n) is 16.2. The minimum absolute atomic E-state index is 0.0958. The van der Waals surface area contributed by atoms with E-state index in [9.17, 15) is 19.5 Å². The van der Waals surface area contributed by atoms with Crippen molar-refractivity contribution < 1.29 is 33.7 Å². The number of esters is 2. The average Bonchev–Trinajstić information content (AvgIpc) is 3.26. The van der Waals surface area contributed by atoms with Crippen LogP contribution in [-0.4, -0.2) is 77.9 Å². The topological polar surface area (TPSA) is 106 Å². The number of nitrogens with zero attached hydrogens (tertiary/aromatic N) is 1. The highest BCUT2D eigenvalue weighted by Crippen LogP contribution is 2.45. The van der Waals surface area contributed by atoms with Gasteiger partial charge in [-0.2, -0.15) is 0 Å². The summed E-state index contributed by atoms with van der Waals surface area (Å²) in [5.41, 5.74) is -2.81. The number of ether oxygens (including phenoxy) is 3. The van der Waals surface area contributed by atoms with Crippen LogP contribution in [0.2, 0.25) is 0 Å². The fraction of sp³-hybridized carbons (Fsp3) is 0.737. The number of Topliss-reactive ketones (excluding diaryl/α,β-unsaturated/α-hetero) is 1. The number of epoxide rings is 1. The van der Waals surface area contributed by atoms with Crippen LogP contribution in [0.15, 0.2) is 11.6 Å². The van der Waals surface area contributed by atoms with E-state index in [0.717, 1.165) is 0 Å². The minimum Gasteiger partial charge on any atom is -0.459 e. The monoisotopic (exact) mass is 381 g/mol. The van der Waals surface area contributed by atoms with E-state index in [0.29, 0.717) is 19.5 Å². The van der Waals surface area contributed by atoms with E-state index in [1.165, 1.54) is 6.92 Å². The molecular formula is C19H27NO7. The number of likely N-dealkylation sites (N-methyl/N-ethyl adjacent to an activating group) is 1. The maximum atomic E-state index is 12.9. The number of aliphatic hydroxyl groups is 1. The summed E-state index contributed by atoms with van der Waals surface area (Å²) in [6.45, 7) is 5.57. The molecule has 1 N–H and O–H groups in total. The molecule has 1 spiro atoms. The van der Waals surface area contributed by atoms with Gasteiger partial charge in [0.15, 0.2) is 17.3 Å². The van der Waals surface area contributed by atoms with Crippen molar-refractivity contribution in [1.29, 1.82) is 0 Å². The molecule has 3 aliphatic rings. The van der Waals surface area contributed by atoms with Crippen molar-refractivity contribution in [2.24, 2.45) is 5.92 Å². The Morgan fingerprint density at radius 1 is 1.22 bits per heavy atom. The molecule has 0 aromatic carbocycles. The predicted molar refractivity (Wildman–Crippen MR) is 93.7 cm³/mol. The lowest BCUT2D eigenvalue weighted by atomic mass is 9.82. The normalized spacial score (nSPS) is 43.4. The van der Waals surface area contributed by atoms with Crippen LogP contribution < -0.4 is 0 Å². The average molecular weight is 381 g/mol. The van der Waals surface area contributed by atoms with Gasteiger partial charge in [-0.05, 0) is 33.2 Å². The zero-order valence-corrected chi connectivity index (χ0v) is 16.2. The van der Waals surface area contributed by atoms with Crippen molar-refractivity contribution in [3.63, 3.8) is 0 Å². The predicted octanol–water partition coefficient (Wildman–Crippen LogP) is 0.221. The Balaban J connectivity index is 1.97. The molecule has 0 aromatic heterocycles. The second-order valence-electron chi connectivity index (χ2n) is 8.02. The maximum absolute atomic E-state index is 12.9. The Morgan fingerprint density at radius 3 is 2.52 bits per heavy atom. The van der Waals surface area contributed by atoms with E-state index in [1.807, 2.05) is 11.9 Å². The zero-order chi connectivity index (χ0) is 20.0. The first-order valence-corrected chi connectivity index (χ1v) is 9.28. The first kappa shape index (κ1) is 20.0. The summed E-state index contributed by atoms with van der Waals surface area (Å²) in [6, 6.07) is 0. The van der Waals surface area contributed by atoms with E-state index < -0.39 is 41.3 Å². The Bertz CT molecular complexity index is 686. The molecule has 3 heterocycles. The summed E-state index contributed by atoms with van der Waals surface area (Å²) in [7, 11) is 1.89. The van der Waals surface area contributed by atoms with Crippen molar-refractivity contribution in [3.8, 4) is 0 Å². The number of rotatable bonds is 0. The number of hydrogen-bond acceptors (Lipinski definition) is 8. The molecule has 0 radical (unpaired) electrons. The molecule has 27 heavy (non-hydrogen) atoms. The Kier molecular flexibility index (Phi) is 5.18. The molecule has 0 aromatic rings. The first-order chi connectivity index (χ1) is 12.6. The van der Waals surface area contributed by atoms with Gasteiger partial charge in [0.1, 0.15) is 6.61 Å². The van der Waals surface area contributed by atoms with E-state index >= 15 is 0 Å². The highest BCUT2D eigenvalue weighted by Gasteiger charge is 2.63. The van der Waals surface area contributed by atoms with Gasteiger partial charge in [0.05, 0.1) is 6.10 Å². The lowest BCUT2D eigenvalue weighted by Gasteiger charge is -2.32. The van der Waals surface area contributed by atoms with Crippen LogP contribution in [0.5, 0.6) is 0 Å². The van der Waals surface area contributed by atoms with Crippen LogP contribution in [0.1, 0.15) is 33.6 Å². The highest BCUT2D eigenvalue weighted by atomic mass is 16.7. The standard InChI is InChI=1S/C19H27NO7/c1-11-9-19(12(2)27-19)17(23)26-14-6-8-20(4)7-5-13(15(14)21)10-25-16(22)18(11,3)24/h5,11-12,14,24H,6-10H2,1-4H3/b13-5-/t11-,12+,14-,18-,19+/m0/s1. The first-order valence-electron chi connectivity index (χ1n) is 9.28. The summed E-state index contributed by atoms with van der Waals surface area (Å²) in [5, 5.41) is 10.7. The molecule has 0 aliphatic carbocycles. The molecular weight excluding hydrogens is 354 g/mol. The minimum atomic E-state index is -1.82. The van der Waals surface area contributed by atoms with Gasteiger partial charge in [0.25, 0.3) is 0 Å². The fourth-order valence-electron chi connectivity index (χ4n) is 3.54. The second kappa shape index (κ2) is 7.00. The van der Waals surface area contributed by atoms with Crippen LogP contribution in [0, 0.1) is 5.92 Å². The number of cyclic esters (lactones) is 1. The molecule has 0 amide bonds. The van der Waals surface area contributed by atoms with Gasteiger partial charge in [0.2, 0.25) is 5.78 Å². The lowest BCUT2D eigenvalue weighted by molar-refractivity contribution is -0.173. The highest BCUT2D eigenvalue weighted by molar-refractivity contribution is 6.01. The maximum Gasteiger partial charge on any atom is 0.341 e. The Hall–Kier alpha value is -1.77. The Labute approximate surface area is 158 Å². The number of hydrogen-bond donors (Lipinski definition) is 1.